The van der Waals surface area contributed by atoms with Crippen molar-refractivity contribution in [2.75, 3.05) is 25.0 Å². The highest BCUT2D eigenvalue weighted by atomic mass is 16.1. The van der Waals surface area contributed by atoms with Crippen molar-refractivity contribution in [3.05, 3.63) is 29.3 Å². The Balaban J connectivity index is 1.80. The first-order valence-corrected chi connectivity index (χ1v) is 7.63. The van der Waals surface area contributed by atoms with Gasteiger partial charge in [-0.05, 0) is 62.4 Å². The fourth-order valence-corrected chi connectivity index (χ4v) is 3.02. The second kappa shape index (κ2) is 6.89. The number of benzene rings is 1. The van der Waals surface area contributed by atoms with E-state index in [4.69, 9.17) is 0 Å². The van der Waals surface area contributed by atoms with Crippen LogP contribution in [0.4, 0.5) is 5.69 Å². The third-order valence-corrected chi connectivity index (χ3v) is 3.90. The van der Waals surface area contributed by atoms with Gasteiger partial charge in [0.2, 0.25) is 5.91 Å². The van der Waals surface area contributed by atoms with Crippen LogP contribution in [-0.4, -0.2) is 30.4 Å². The summed E-state index contributed by atoms with van der Waals surface area (Å²) >= 11 is 0. The molecule has 2 rings (SSSR count). The van der Waals surface area contributed by atoms with Gasteiger partial charge in [0.05, 0.1) is 0 Å². The highest BCUT2D eigenvalue weighted by Gasteiger charge is 2.16. The van der Waals surface area contributed by atoms with Crippen LogP contribution < -0.4 is 5.32 Å². The summed E-state index contributed by atoms with van der Waals surface area (Å²) in [7, 11) is 0. The number of carbonyl (C=O) groups is 1. The number of anilines is 1. The third kappa shape index (κ3) is 4.64. The molecule has 1 fully saturated rings. The minimum absolute atomic E-state index is 0.119. The Bertz CT molecular complexity index is 450. The summed E-state index contributed by atoms with van der Waals surface area (Å²) < 4.78 is 0. The van der Waals surface area contributed by atoms with E-state index in [-0.39, 0.29) is 5.91 Å². The molecule has 1 heterocycles. The average molecular weight is 274 g/mol. The van der Waals surface area contributed by atoms with Crippen LogP contribution in [0.1, 0.15) is 37.3 Å². The monoisotopic (exact) mass is 274 g/mol. The normalized spacial score (nSPS) is 19.9. The predicted octanol–water partition coefficient (Wildman–Crippen LogP) is 3.36. The van der Waals surface area contributed by atoms with E-state index in [9.17, 15) is 4.79 Å². The molecule has 3 heteroatoms. The summed E-state index contributed by atoms with van der Waals surface area (Å²) in [5.41, 5.74) is 3.29. The Morgan fingerprint density at radius 1 is 1.30 bits per heavy atom. The standard InChI is InChI=1S/C17H26N2O/c1-13-5-4-7-19(12-13)8-6-17(20)18-16-10-14(2)9-15(3)11-16/h9-11,13H,4-8,12H2,1-3H3,(H,18,20). The second-order valence-electron chi connectivity index (χ2n) is 6.22. The lowest BCUT2D eigenvalue weighted by molar-refractivity contribution is -0.116. The molecule has 0 radical (unpaired) electrons. The largest absolute Gasteiger partial charge is 0.326 e. The molecule has 0 aliphatic carbocycles. The summed E-state index contributed by atoms with van der Waals surface area (Å²) in [6.07, 6.45) is 3.17. The molecule has 1 aromatic rings. The van der Waals surface area contributed by atoms with Gasteiger partial charge in [-0.25, -0.2) is 0 Å². The van der Waals surface area contributed by atoms with Gasteiger partial charge in [0, 0.05) is 25.2 Å². The number of nitrogens with zero attached hydrogens (tertiary/aromatic N) is 1. The molecule has 1 aliphatic rings. The maximum absolute atomic E-state index is 12.0. The van der Waals surface area contributed by atoms with Crippen molar-refractivity contribution in [2.24, 2.45) is 5.92 Å². The van der Waals surface area contributed by atoms with Gasteiger partial charge in [0.25, 0.3) is 0 Å². The van der Waals surface area contributed by atoms with E-state index in [1.807, 2.05) is 12.1 Å². The molecule has 1 aromatic carbocycles. The highest BCUT2D eigenvalue weighted by molar-refractivity contribution is 5.91. The van der Waals surface area contributed by atoms with Gasteiger partial charge in [0.15, 0.2) is 0 Å². The first-order chi connectivity index (χ1) is 9.52. The molecule has 110 valence electrons. The van der Waals surface area contributed by atoms with Crippen LogP contribution in [0.3, 0.4) is 0 Å². The Labute approximate surface area is 122 Å². The van der Waals surface area contributed by atoms with E-state index in [0.29, 0.717) is 6.42 Å². The van der Waals surface area contributed by atoms with Crippen LogP contribution in [-0.2, 0) is 4.79 Å². The van der Waals surface area contributed by atoms with Crippen LogP contribution in [0, 0.1) is 19.8 Å². The zero-order valence-corrected chi connectivity index (χ0v) is 12.9. The Morgan fingerprint density at radius 3 is 2.65 bits per heavy atom. The summed E-state index contributed by atoms with van der Waals surface area (Å²) in [5, 5.41) is 3.01. The van der Waals surface area contributed by atoms with Crippen molar-refractivity contribution < 1.29 is 4.79 Å². The zero-order chi connectivity index (χ0) is 14.5. The Hall–Kier alpha value is -1.35. The smallest absolute Gasteiger partial charge is 0.225 e. The molecule has 1 N–H and O–H groups in total. The van der Waals surface area contributed by atoms with Crippen molar-refractivity contribution in [1.29, 1.82) is 0 Å². The molecule has 0 bridgehead atoms. The molecule has 1 atom stereocenters. The van der Waals surface area contributed by atoms with E-state index >= 15 is 0 Å². The van der Waals surface area contributed by atoms with Gasteiger partial charge in [-0.15, -0.1) is 0 Å². The molecule has 3 nitrogen and oxygen atoms in total. The Morgan fingerprint density at radius 2 is 2.00 bits per heavy atom. The second-order valence-corrected chi connectivity index (χ2v) is 6.22. The average Bonchev–Trinajstić information content (AvgIpc) is 2.35. The number of piperidine rings is 1. The lowest BCUT2D eigenvalue weighted by atomic mass is 10.0. The number of hydrogen-bond donors (Lipinski definition) is 1. The lowest BCUT2D eigenvalue weighted by Gasteiger charge is -2.30. The number of carbonyl (C=O) groups excluding carboxylic acids is 1. The van der Waals surface area contributed by atoms with Crippen molar-refractivity contribution in [3.63, 3.8) is 0 Å². The van der Waals surface area contributed by atoms with Gasteiger partial charge < -0.3 is 10.2 Å². The molecule has 1 aliphatic heterocycles. The first-order valence-electron chi connectivity index (χ1n) is 7.63. The molecule has 1 unspecified atom stereocenters. The van der Waals surface area contributed by atoms with Gasteiger partial charge in [0.1, 0.15) is 0 Å². The van der Waals surface area contributed by atoms with Gasteiger partial charge in [-0.3, -0.25) is 4.79 Å². The van der Waals surface area contributed by atoms with Crippen LogP contribution >= 0.6 is 0 Å². The number of likely N-dealkylation sites (tertiary alicyclic amines) is 1. The predicted molar refractivity (Wildman–Crippen MR) is 84.0 cm³/mol. The quantitative estimate of drug-likeness (QED) is 0.913. The number of nitrogens with one attached hydrogen (secondary N) is 1. The SMILES string of the molecule is Cc1cc(C)cc(NC(=O)CCN2CCCC(C)C2)c1. The fourth-order valence-electron chi connectivity index (χ4n) is 3.02. The Kier molecular flexibility index (Phi) is 5.18. The molecule has 0 saturated carbocycles. The molecule has 1 amide bonds. The molecule has 0 aromatic heterocycles. The van der Waals surface area contributed by atoms with Crippen LogP contribution in [0.25, 0.3) is 0 Å². The minimum Gasteiger partial charge on any atom is -0.326 e. The van der Waals surface area contributed by atoms with E-state index < -0.39 is 0 Å². The number of aryl methyl sites for hydroxylation is 2. The minimum atomic E-state index is 0.119. The summed E-state index contributed by atoms with van der Waals surface area (Å²) in [4.78, 5) is 14.4. The van der Waals surface area contributed by atoms with Crippen molar-refractivity contribution >= 4 is 11.6 Å². The van der Waals surface area contributed by atoms with Crippen molar-refractivity contribution in [1.82, 2.24) is 4.90 Å². The first kappa shape index (κ1) is 15.0. The number of amides is 1. The molecular weight excluding hydrogens is 248 g/mol. The van der Waals surface area contributed by atoms with Crippen molar-refractivity contribution in [2.45, 2.75) is 40.0 Å². The van der Waals surface area contributed by atoms with Crippen LogP contribution in [0.2, 0.25) is 0 Å². The lowest BCUT2D eigenvalue weighted by Crippen LogP contribution is -2.36. The molecule has 0 spiro atoms. The summed E-state index contributed by atoms with van der Waals surface area (Å²) in [6, 6.07) is 6.16. The molecular formula is C17H26N2O. The van der Waals surface area contributed by atoms with E-state index in [0.717, 1.165) is 31.2 Å². The highest BCUT2D eigenvalue weighted by Crippen LogP contribution is 2.16. The maximum atomic E-state index is 12.0. The van der Waals surface area contributed by atoms with E-state index in [2.05, 4.69) is 37.1 Å². The number of rotatable bonds is 4. The van der Waals surface area contributed by atoms with Gasteiger partial charge in [-0.2, -0.15) is 0 Å². The van der Waals surface area contributed by atoms with Crippen molar-refractivity contribution in [3.8, 4) is 0 Å². The van der Waals surface area contributed by atoms with Gasteiger partial charge in [-0.1, -0.05) is 13.0 Å². The maximum Gasteiger partial charge on any atom is 0.225 e. The third-order valence-electron chi connectivity index (χ3n) is 3.90. The van der Waals surface area contributed by atoms with E-state index in [1.54, 1.807) is 0 Å². The van der Waals surface area contributed by atoms with Gasteiger partial charge >= 0.3 is 0 Å². The molecule has 1 saturated heterocycles. The topological polar surface area (TPSA) is 32.3 Å². The summed E-state index contributed by atoms with van der Waals surface area (Å²) in [5.74, 6) is 0.888. The summed E-state index contributed by atoms with van der Waals surface area (Å²) in [6.45, 7) is 9.55. The molecule has 20 heavy (non-hydrogen) atoms. The van der Waals surface area contributed by atoms with Crippen LogP contribution in [0.5, 0.6) is 0 Å². The van der Waals surface area contributed by atoms with E-state index in [1.165, 1.54) is 24.0 Å². The number of hydrogen-bond acceptors (Lipinski definition) is 2. The zero-order valence-electron chi connectivity index (χ0n) is 12.9. The van der Waals surface area contributed by atoms with Crippen LogP contribution in [0.15, 0.2) is 18.2 Å². The fraction of sp³-hybridized carbons (Fsp3) is 0.588.